The van der Waals surface area contributed by atoms with Crippen LogP contribution in [0.1, 0.15) is 23.7 Å². The first-order chi connectivity index (χ1) is 14.1. The molecule has 0 aliphatic rings. The maximum atomic E-state index is 12.9. The molecule has 0 aliphatic carbocycles. The molecule has 2 heterocycles. The minimum atomic E-state index is -0.0789. The van der Waals surface area contributed by atoms with Gasteiger partial charge in [0.25, 0.3) is 5.91 Å². The maximum absolute atomic E-state index is 12.9. The first-order valence-corrected chi connectivity index (χ1v) is 10.2. The number of amides is 1. The number of aromatic nitrogens is 1. The summed E-state index contributed by atoms with van der Waals surface area (Å²) in [5.41, 5.74) is 2.07. The smallest absolute Gasteiger partial charge is 0.252 e. The van der Waals surface area contributed by atoms with Gasteiger partial charge in [0.1, 0.15) is 5.69 Å². The lowest BCUT2D eigenvalue weighted by Gasteiger charge is -2.20. The van der Waals surface area contributed by atoms with Gasteiger partial charge in [-0.25, -0.2) is 4.98 Å². The van der Waals surface area contributed by atoms with E-state index < -0.39 is 0 Å². The molecule has 2 aromatic heterocycles. The minimum Gasteiger partial charge on any atom is -0.463 e. The average molecular weight is 395 g/mol. The molecule has 0 fully saturated rings. The number of hydrogen-bond acceptors (Lipinski definition) is 5. The molecule has 6 nitrogen and oxygen atoms in total. The molecule has 0 radical (unpaired) electrons. The number of nitrogens with one attached hydrogen (secondary N) is 1. The van der Waals surface area contributed by atoms with Gasteiger partial charge in [0.2, 0.25) is 0 Å². The van der Waals surface area contributed by atoms with Crippen molar-refractivity contribution in [2.24, 2.45) is 0 Å². The molecule has 154 valence electrons. The van der Waals surface area contributed by atoms with Crippen molar-refractivity contribution in [2.45, 2.75) is 13.3 Å². The summed E-state index contributed by atoms with van der Waals surface area (Å²) < 4.78 is 5.47. The topological polar surface area (TPSA) is 61.6 Å². The van der Waals surface area contributed by atoms with Gasteiger partial charge in [-0.2, -0.15) is 0 Å². The van der Waals surface area contributed by atoms with E-state index in [1.54, 1.807) is 6.26 Å². The molecule has 0 unspecified atom stereocenters. The number of fused-ring (bicyclic) bond motifs is 1. The van der Waals surface area contributed by atoms with E-state index in [4.69, 9.17) is 4.42 Å². The second kappa shape index (κ2) is 10.2. The summed E-state index contributed by atoms with van der Waals surface area (Å²) in [6.07, 6.45) is 2.52. The summed E-state index contributed by atoms with van der Waals surface area (Å²) in [6, 6.07) is 13.2. The third kappa shape index (κ3) is 5.65. The zero-order valence-electron chi connectivity index (χ0n) is 17.5. The number of para-hydroxylation sites is 1. The summed E-state index contributed by atoms with van der Waals surface area (Å²) in [5, 5.41) is 3.91. The highest BCUT2D eigenvalue weighted by Crippen LogP contribution is 2.25. The second-order valence-corrected chi connectivity index (χ2v) is 7.36. The maximum Gasteiger partial charge on any atom is 0.252 e. The molecule has 0 bridgehead atoms. The quantitative estimate of drug-likeness (QED) is 0.533. The lowest BCUT2D eigenvalue weighted by atomic mass is 10.1. The first kappa shape index (κ1) is 21.0. The van der Waals surface area contributed by atoms with Gasteiger partial charge in [0, 0.05) is 25.0 Å². The van der Waals surface area contributed by atoms with E-state index >= 15 is 0 Å². The van der Waals surface area contributed by atoms with E-state index in [9.17, 15) is 4.79 Å². The van der Waals surface area contributed by atoms with Crippen molar-refractivity contribution in [2.75, 3.05) is 46.8 Å². The normalized spacial score (nSPS) is 11.5. The SMILES string of the molecule is CCN(C)CCN(C)CCCNC(=O)c1cc(-c2ccco2)nc2ccccc12. The number of rotatable bonds is 10. The van der Waals surface area contributed by atoms with E-state index in [1.165, 1.54) is 0 Å². The van der Waals surface area contributed by atoms with Crippen LogP contribution >= 0.6 is 0 Å². The zero-order valence-corrected chi connectivity index (χ0v) is 17.5. The molecular weight excluding hydrogens is 364 g/mol. The molecular formula is C23H30N4O2. The zero-order chi connectivity index (χ0) is 20.6. The van der Waals surface area contributed by atoms with Crippen molar-refractivity contribution < 1.29 is 9.21 Å². The van der Waals surface area contributed by atoms with Crippen LogP contribution in [-0.2, 0) is 0 Å². The predicted molar refractivity (Wildman–Crippen MR) is 117 cm³/mol. The van der Waals surface area contributed by atoms with Gasteiger partial charge in [0.05, 0.1) is 17.3 Å². The van der Waals surface area contributed by atoms with Crippen LogP contribution in [0.3, 0.4) is 0 Å². The van der Waals surface area contributed by atoms with Crippen molar-refractivity contribution in [1.82, 2.24) is 20.1 Å². The highest BCUT2D eigenvalue weighted by Gasteiger charge is 2.14. The Morgan fingerprint density at radius 3 is 2.62 bits per heavy atom. The van der Waals surface area contributed by atoms with Crippen LogP contribution in [0.15, 0.2) is 53.1 Å². The Morgan fingerprint density at radius 1 is 1.07 bits per heavy atom. The van der Waals surface area contributed by atoms with Crippen molar-refractivity contribution in [1.29, 1.82) is 0 Å². The average Bonchev–Trinajstić information content (AvgIpc) is 3.29. The summed E-state index contributed by atoms with van der Waals surface area (Å²) in [7, 11) is 4.25. The molecule has 0 spiro atoms. The lowest BCUT2D eigenvalue weighted by molar-refractivity contribution is 0.0953. The summed E-state index contributed by atoms with van der Waals surface area (Å²) in [4.78, 5) is 22.1. The molecule has 3 rings (SSSR count). The van der Waals surface area contributed by atoms with Crippen molar-refractivity contribution in [3.05, 3.63) is 54.3 Å². The van der Waals surface area contributed by atoms with Crippen LogP contribution in [0.2, 0.25) is 0 Å². The number of nitrogens with zero attached hydrogens (tertiary/aromatic N) is 3. The van der Waals surface area contributed by atoms with Crippen LogP contribution in [0.25, 0.3) is 22.4 Å². The number of hydrogen-bond donors (Lipinski definition) is 1. The molecule has 0 saturated carbocycles. The van der Waals surface area contributed by atoms with Crippen LogP contribution < -0.4 is 5.32 Å². The van der Waals surface area contributed by atoms with Gasteiger partial charge < -0.3 is 19.5 Å². The third-order valence-corrected chi connectivity index (χ3v) is 5.14. The molecule has 0 aliphatic heterocycles. The van der Waals surface area contributed by atoms with E-state index in [0.29, 0.717) is 23.6 Å². The van der Waals surface area contributed by atoms with E-state index in [-0.39, 0.29) is 5.91 Å². The lowest BCUT2D eigenvalue weighted by Crippen LogP contribution is -2.33. The minimum absolute atomic E-state index is 0.0789. The van der Waals surface area contributed by atoms with Crippen molar-refractivity contribution in [3.8, 4) is 11.5 Å². The molecule has 6 heteroatoms. The Morgan fingerprint density at radius 2 is 1.86 bits per heavy atom. The fraction of sp³-hybridized carbons (Fsp3) is 0.391. The van der Waals surface area contributed by atoms with Crippen molar-refractivity contribution >= 4 is 16.8 Å². The molecule has 0 saturated heterocycles. The van der Waals surface area contributed by atoms with E-state index in [2.05, 4.69) is 41.1 Å². The van der Waals surface area contributed by atoms with Gasteiger partial charge >= 0.3 is 0 Å². The number of carbonyl (C=O) groups is 1. The van der Waals surface area contributed by atoms with Gasteiger partial charge in [-0.05, 0) is 57.9 Å². The Bertz CT molecular complexity index is 924. The van der Waals surface area contributed by atoms with Crippen LogP contribution in [-0.4, -0.2) is 67.5 Å². The molecule has 29 heavy (non-hydrogen) atoms. The summed E-state index contributed by atoms with van der Waals surface area (Å²) in [6.45, 7) is 6.89. The van der Waals surface area contributed by atoms with E-state index in [0.717, 1.165) is 43.5 Å². The molecule has 1 aromatic carbocycles. The largest absolute Gasteiger partial charge is 0.463 e. The molecule has 1 N–H and O–H groups in total. The standard InChI is InChI=1S/C23H30N4O2/c1-4-26(2)14-15-27(3)13-8-12-24-23(28)19-17-21(22-11-7-16-29-22)25-20-10-6-5-9-18(19)20/h5-7,9-11,16-17H,4,8,12-15H2,1-3H3,(H,24,28). The number of benzene rings is 1. The van der Waals surface area contributed by atoms with Crippen molar-refractivity contribution in [3.63, 3.8) is 0 Å². The Labute approximate surface area is 172 Å². The highest BCUT2D eigenvalue weighted by atomic mass is 16.3. The van der Waals surface area contributed by atoms with Gasteiger partial charge in [-0.15, -0.1) is 0 Å². The number of carbonyl (C=O) groups excluding carboxylic acids is 1. The van der Waals surface area contributed by atoms with Gasteiger partial charge in [-0.1, -0.05) is 25.1 Å². The number of furan rings is 1. The predicted octanol–water partition coefficient (Wildman–Crippen LogP) is 3.50. The number of pyridine rings is 1. The van der Waals surface area contributed by atoms with Crippen LogP contribution in [0.4, 0.5) is 0 Å². The Kier molecular flexibility index (Phi) is 7.38. The van der Waals surface area contributed by atoms with Crippen LogP contribution in [0.5, 0.6) is 0 Å². The molecule has 3 aromatic rings. The van der Waals surface area contributed by atoms with Gasteiger partial charge in [0.15, 0.2) is 5.76 Å². The first-order valence-electron chi connectivity index (χ1n) is 10.2. The summed E-state index contributed by atoms with van der Waals surface area (Å²) in [5.74, 6) is 0.577. The summed E-state index contributed by atoms with van der Waals surface area (Å²) >= 11 is 0. The number of likely N-dealkylation sites (N-methyl/N-ethyl adjacent to an activating group) is 2. The Hall–Kier alpha value is -2.70. The van der Waals surface area contributed by atoms with E-state index in [1.807, 2.05) is 42.5 Å². The highest BCUT2D eigenvalue weighted by molar-refractivity contribution is 6.07. The monoisotopic (exact) mass is 394 g/mol. The van der Waals surface area contributed by atoms with Crippen LogP contribution in [0, 0.1) is 0 Å². The molecule has 1 amide bonds. The fourth-order valence-electron chi connectivity index (χ4n) is 3.17. The Balaban J connectivity index is 1.62. The fourth-order valence-corrected chi connectivity index (χ4v) is 3.17. The molecule has 0 atom stereocenters. The second-order valence-electron chi connectivity index (χ2n) is 7.36. The van der Waals surface area contributed by atoms with Gasteiger partial charge in [-0.3, -0.25) is 4.79 Å². The third-order valence-electron chi connectivity index (χ3n) is 5.14.